The molecule has 0 heterocycles. The summed E-state index contributed by atoms with van der Waals surface area (Å²) in [6.07, 6.45) is 1.45. The van der Waals surface area contributed by atoms with Crippen LogP contribution in [0.15, 0.2) is 17.0 Å². The zero-order valence-electron chi connectivity index (χ0n) is 9.39. The van der Waals surface area contributed by atoms with Crippen LogP contribution in [0.5, 0.6) is 5.75 Å². The van der Waals surface area contributed by atoms with Crippen molar-refractivity contribution in [1.29, 1.82) is 0 Å². The Bertz CT molecular complexity index is 515. The number of hydrogen-bond acceptors (Lipinski definition) is 4. The van der Waals surface area contributed by atoms with Crippen LogP contribution < -0.4 is 0 Å². The van der Waals surface area contributed by atoms with Gasteiger partial charge in [0.2, 0.25) is 0 Å². The molecule has 0 atom stereocenters. The van der Waals surface area contributed by atoms with Crippen LogP contribution in [0.3, 0.4) is 0 Å². The lowest BCUT2D eigenvalue weighted by molar-refractivity contribution is 0.112. The van der Waals surface area contributed by atoms with Crippen molar-refractivity contribution in [2.45, 2.75) is 24.7 Å². The molecular formula is C11H14O4S. The minimum atomic E-state index is -3.53. The van der Waals surface area contributed by atoms with Crippen molar-refractivity contribution in [1.82, 2.24) is 0 Å². The van der Waals surface area contributed by atoms with Crippen LogP contribution in [0.25, 0.3) is 0 Å². The number of phenolic OH excluding ortho intramolecular Hbond substituents is 1. The first-order chi connectivity index (χ1) is 7.27. The Morgan fingerprint density at radius 1 is 1.31 bits per heavy atom. The SMILES string of the molecule is CC(C)c1cc(C=O)c(O)c(S(C)(=O)=O)c1. The van der Waals surface area contributed by atoms with Crippen LogP contribution >= 0.6 is 0 Å². The molecule has 0 spiro atoms. The second-order valence-electron chi connectivity index (χ2n) is 4.00. The summed E-state index contributed by atoms with van der Waals surface area (Å²) in [7, 11) is -3.53. The summed E-state index contributed by atoms with van der Waals surface area (Å²) in [5.74, 6) is -0.387. The van der Waals surface area contributed by atoms with E-state index in [0.717, 1.165) is 6.26 Å². The number of rotatable bonds is 3. The van der Waals surface area contributed by atoms with Gasteiger partial charge in [0.15, 0.2) is 16.1 Å². The summed E-state index contributed by atoms with van der Waals surface area (Å²) < 4.78 is 22.8. The number of sulfone groups is 1. The first-order valence-electron chi connectivity index (χ1n) is 4.79. The van der Waals surface area contributed by atoms with Gasteiger partial charge in [-0.25, -0.2) is 8.42 Å². The predicted octanol–water partition coefficient (Wildman–Crippen LogP) is 1.73. The Morgan fingerprint density at radius 2 is 1.88 bits per heavy atom. The zero-order chi connectivity index (χ0) is 12.5. The van der Waals surface area contributed by atoms with Crippen molar-refractivity contribution in [3.8, 4) is 5.75 Å². The van der Waals surface area contributed by atoms with Gasteiger partial charge in [-0.3, -0.25) is 4.79 Å². The van der Waals surface area contributed by atoms with E-state index in [9.17, 15) is 18.3 Å². The van der Waals surface area contributed by atoms with Gasteiger partial charge in [-0.15, -0.1) is 0 Å². The molecule has 0 aliphatic heterocycles. The van der Waals surface area contributed by atoms with Crippen LogP contribution in [0.1, 0.15) is 35.7 Å². The fourth-order valence-electron chi connectivity index (χ4n) is 1.36. The summed E-state index contributed by atoms with van der Waals surface area (Å²) in [5, 5.41) is 9.62. The minimum Gasteiger partial charge on any atom is -0.506 e. The molecule has 0 saturated carbocycles. The average molecular weight is 242 g/mol. The van der Waals surface area contributed by atoms with Gasteiger partial charge in [0, 0.05) is 6.26 Å². The van der Waals surface area contributed by atoms with E-state index in [1.54, 1.807) is 0 Å². The van der Waals surface area contributed by atoms with E-state index < -0.39 is 15.6 Å². The molecule has 1 aromatic rings. The molecule has 0 saturated heterocycles. The van der Waals surface area contributed by atoms with Gasteiger partial charge in [0.25, 0.3) is 0 Å². The van der Waals surface area contributed by atoms with Gasteiger partial charge in [-0.2, -0.15) is 0 Å². The molecule has 1 aromatic carbocycles. The summed E-state index contributed by atoms with van der Waals surface area (Å²) in [4.78, 5) is 10.5. The topological polar surface area (TPSA) is 71.4 Å². The molecule has 1 rings (SSSR count). The van der Waals surface area contributed by atoms with E-state index in [1.807, 2.05) is 13.8 Å². The second-order valence-corrected chi connectivity index (χ2v) is 5.99. The maximum Gasteiger partial charge on any atom is 0.179 e. The van der Waals surface area contributed by atoms with Crippen molar-refractivity contribution in [3.63, 3.8) is 0 Å². The van der Waals surface area contributed by atoms with Crippen LogP contribution in [0.4, 0.5) is 0 Å². The van der Waals surface area contributed by atoms with Crippen LogP contribution in [-0.4, -0.2) is 26.1 Å². The largest absolute Gasteiger partial charge is 0.506 e. The first-order valence-corrected chi connectivity index (χ1v) is 6.68. The van der Waals surface area contributed by atoms with Crippen molar-refractivity contribution in [2.75, 3.05) is 6.26 Å². The van der Waals surface area contributed by atoms with E-state index in [-0.39, 0.29) is 16.4 Å². The summed E-state index contributed by atoms with van der Waals surface area (Å²) >= 11 is 0. The number of benzene rings is 1. The third-order valence-corrected chi connectivity index (χ3v) is 3.43. The standard InChI is InChI=1S/C11H14O4S/c1-7(2)8-4-9(6-12)11(13)10(5-8)16(3,14)15/h4-7,13H,1-3H3. The molecule has 0 unspecified atom stereocenters. The van der Waals surface area contributed by atoms with Gasteiger partial charge >= 0.3 is 0 Å². The molecule has 0 bridgehead atoms. The number of carbonyl (C=O) groups is 1. The van der Waals surface area contributed by atoms with Gasteiger partial charge in [-0.05, 0) is 23.6 Å². The molecule has 0 fully saturated rings. The monoisotopic (exact) mass is 242 g/mol. The lowest BCUT2D eigenvalue weighted by Crippen LogP contribution is -2.02. The molecule has 16 heavy (non-hydrogen) atoms. The molecule has 5 heteroatoms. The Balaban J connectivity index is 3.61. The van der Waals surface area contributed by atoms with Gasteiger partial charge in [0.1, 0.15) is 10.6 Å². The molecule has 0 aliphatic carbocycles. The van der Waals surface area contributed by atoms with Gasteiger partial charge < -0.3 is 5.11 Å². The van der Waals surface area contributed by atoms with E-state index in [2.05, 4.69) is 0 Å². The molecule has 0 aliphatic rings. The summed E-state index contributed by atoms with van der Waals surface area (Å²) in [6, 6.07) is 2.91. The number of phenols is 1. The number of aromatic hydroxyl groups is 1. The predicted molar refractivity (Wildman–Crippen MR) is 60.7 cm³/mol. The molecule has 4 nitrogen and oxygen atoms in total. The van der Waals surface area contributed by atoms with Crippen LogP contribution in [0, 0.1) is 0 Å². The van der Waals surface area contributed by atoms with E-state index in [1.165, 1.54) is 12.1 Å². The number of carbonyl (C=O) groups excluding carboxylic acids is 1. The summed E-state index contributed by atoms with van der Waals surface area (Å²) in [6.45, 7) is 3.76. The lowest BCUT2D eigenvalue weighted by Gasteiger charge is -2.11. The van der Waals surface area contributed by atoms with E-state index >= 15 is 0 Å². The lowest BCUT2D eigenvalue weighted by atomic mass is 10.0. The second kappa shape index (κ2) is 4.25. The Hall–Kier alpha value is -1.36. The highest BCUT2D eigenvalue weighted by atomic mass is 32.2. The summed E-state index contributed by atoms with van der Waals surface area (Å²) in [5.41, 5.74) is 0.715. The molecule has 88 valence electrons. The van der Waals surface area contributed by atoms with Crippen LogP contribution in [0.2, 0.25) is 0 Å². The van der Waals surface area contributed by atoms with Gasteiger partial charge in [0.05, 0.1) is 5.56 Å². The van der Waals surface area contributed by atoms with Crippen molar-refractivity contribution < 1.29 is 18.3 Å². The van der Waals surface area contributed by atoms with Crippen molar-refractivity contribution in [2.24, 2.45) is 0 Å². The van der Waals surface area contributed by atoms with Crippen LogP contribution in [-0.2, 0) is 9.84 Å². The molecule has 0 radical (unpaired) electrons. The van der Waals surface area contributed by atoms with Crippen molar-refractivity contribution >= 4 is 16.1 Å². The molecular weight excluding hydrogens is 228 g/mol. The number of hydrogen-bond donors (Lipinski definition) is 1. The molecule has 1 N–H and O–H groups in total. The fourth-order valence-corrected chi connectivity index (χ4v) is 2.18. The third-order valence-electron chi connectivity index (χ3n) is 2.32. The highest BCUT2D eigenvalue weighted by molar-refractivity contribution is 7.90. The normalized spacial score (nSPS) is 11.8. The fraction of sp³-hybridized carbons (Fsp3) is 0.364. The highest BCUT2D eigenvalue weighted by Crippen LogP contribution is 2.30. The molecule has 0 aromatic heterocycles. The third kappa shape index (κ3) is 2.41. The van der Waals surface area contributed by atoms with Crippen molar-refractivity contribution in [3.05, 3.63) is 23.3 Å². The number of aldehydes is 1. The maximum atomic E-state index is 11.4. The van der Waals surface area contributed by atoms with E-state index in [0.29, 0.717) is 11.8 Å². The smallest absolute Gasteiger partial charge is 0.179 e. The van der Waals surface area contributed by atoms with Gasteiger partial charge in [-0.1, -0.05) is 13.8 Å². The maximum absolute atomic E-state index is 11.4. The van der Waals surface area contributed by atoms with E-state index in [4.69, 9.17) is 0 Å². The quantitative estimate of drug-likeness (QED) is 0.819. The Labute approximate surface area is 94.8 Å². The highest BCUT2D eigenvalue weighted by Gasteiger charge is 2.18. The molecule has 0 amide bonds. The zero-order valence-corrected chi connectivity index (χ0v) is 10.2. The Morgan fingerprint density at radius 3 is 2.25 bits per heavy atom. The first kappa shape index (κ1) is 12.7. The minimum absolute atomic E-state index is 0.00613. The average Bonchev–Trinajstić information content (AvgIpc) is 2.15. The Kier molecular flexibility index (Phi) is 3.38.